The second-order valence-electron chi connectivity index (χ2n) is 7.10. The van der Waals surface area contributed by atoms with E-state index in [2.05, 4.69) is 12.2 Å². The number of unbranched alkanes of at least 4 members (excludes halogenated alkanes) is 1. The van der Waals surface area contributed by atoms with E-state index < -0.39 is 0 Å². The highest BCUT2D eigenvalue weighted by Crippen LogP contribution is 2.22. The number of halogens is 1. The predicted molar refractivity (Wildman–Crippen MR) is 107 cm³/mol. The van der Waals surface area contributed by atoms with Gasteiger partial charge in [-0.05, 0) is 30.2 Å². The summed E-state index contributed by atoms with van der Waals surface area (Å²) in [5.74, 6) is -0.495. The topological polar surface area (TPSA) is 52.7 Å². The molecule has 2 aromatic carbocycles. The van der Waals surface area contributed by atoms with Gasteiger partial charge in [0.25, 0.3) is 0 Å². The minimum atomic E-state index is -0.383. The summed E-state index contributed by atoms with van der Waals surface area (Å²) in [6.07, 6.45) is 2.13. The van der Waals surface area contributed by atoms with Crippen LogP contribution >= 0.6 is 0 Å². The van der Waals surface area contributed by atoms with Crippen LogP contribution in [0.1, 0.15) is 31.7 Å². The van der Waals surface area contributed by atoms with Crippen LogP contribution in [0.3, 0.4) is 0 Å². The van der Waals surface area contributed by atoms with Crippen LogP contribution in [-0.2, 0) is 11.3 Å². The van der Waals surface area contributed by atoms with Gasteiger partial charge in [-0.1, -0.05) is 49.7 Å². The molecule has 1 N–H and O–H groups in total. The van der Waals surface area contributed by atoms with Gasteiger partial charge in [0.15, 0.2) is 0 Å². The first-order valence-corrected chi connectivity index (χ1v) is 9.72. The number of urea groups is 1. The standard InChI is InChI=1S/C22H26FN3O2/c1-2-3-12-25(15-17-8-5-4-6-9-17)22(28)24-19-14-21(27)26(16-19)20-11-7-10-18(23)13-20/h4-11,13,19H,2-3,12,14-16H2,1H3,(H,24,28)/t19-/m0/s1. The van der Waals surface area contributed by atoms with Crippen molar-refractivity contribution in [1.82, 2.24) is 10.2 Å². The van der Waals surface area contributed by atoms with Gasteiger partial charge < -0.3 is 15.1 Å². The fraction of sp³-hybridized carbons (Fsp3) is 0.364. The van der Waals surface area contributed by atoms with Crippen LogP contribution in [0.25, 0.3) is 0 Å². The lowest BCUT2D eigenvalue weighted by Crippen LogP contribution is -2.45. The zero-order valence-corrected chi connectivity index (χ0v) is 16.1. The summed E-state index contributed by atoms with van der Waals surface area (Å²) in [4.78, 5) is 28.5. The van der Waals surface area contributed by atoms with Crippen LogP contribution < -0.4 is 10.2 Å². The maximum absolute atomic E-state index is 13.5. The molecule has 1 saturated heterocycles. The average Bonchev–Trinajstić information content (AvgIpc) is 3.06. The fourth-order valence-corrected chi connectivity index (χ4v) is 3.37. The maximum Gasteiger partial charge on any atom is 0.317 e. The summed E-state index contributed by atoms with van der Waals surface area (Å²) in [6.45, 7) is 3.62. The molecule has 3 amide bonds. The lowest BCUT2D eigenvalue weighted by Gasteiger charge is -2.25. The van der Waals surface area contributed by atoms with E-state index in [1.807, 2.05) is 30.3 Å². The number of carbonyl (C=O) groups excluding carboxylic acids is 2. The number of nitrogens with zero attached hydrogens (tertiary/aromatic N) is 2. The molecule has 2 aromatic rings. The Hall–Kier alpha value is -2.89. The summed E-state index contributed by atoms with van der Waals surface area (Å²) in [6, 6.07) is 15.4. The molecule has 0 unspecified atom stereocenters. The van der Waals surface area contributed by atoms with E-state index in [4.69, 9.17) is 0 Å². The van der Waals surface area contributed by atoms with Gasteiger partial charge in [-0.2, -0.15) is 0 Å². The smallest absolute Gasteiger partial charge is 0.317 e. The van der Waals surface area contributed by atoms with E-state index in [1.54, 1.807) is 17.0 Å². The van der Waals surface area contributed by atoms with Crippen LogP contribution in [0.5, 0.6) is 0 Å². The molecule has 1 fully saturated rings. The third kappa shape index (κ3) is 5.09. The average molecular weight is 383 g/mol. The highest BCUT2D eigenvalue weighted by atomic mass is 19.1. The second kappa shape index (κ2) is 9.35. The molecule has 5 nitrogen and oxygen atoms in total. The van der Waals surface area contributed by atoms with Gasteiger partial charge in [-0.3, -0.25) is 4.79 Å². The Balaban J connectivity index is 1.63. The highest BCUT2D eigenvalue weighted by molar-refractivity contribution is 5.96. The van der Waals surface area contributed by atoms with Crippen molar-refractivity contribution < 1.29 is 14.0 Å². The van der Waals surface area contributed by atoms with Crippen molar-refractivity contribution in [1.29, 1.82) is 0 Å². The van der Waals surface area contributed by atoms with Crippen molar-refractivity contribution in [3.63, 3.8) is 0 Å². The van der Waals surface area contributed by atoms with Crippen molar-refractivity contribution in [3.05, 3.63) is 66.0 Å². The Bertz CT molecular complexity index is 812. The van der Waals surface area contributed by atoms with Gasteiger partial charge in [0.05, 0.1) is 6.04 Å². The van der Waals surface area contributed by atoms with E-state index in [0.29, 0.717) is 25.3 Å². The lowest BCUT2D eigenvalue weighted by molar-refractivity contribution is -0.117. The third-order valence-corrected chi connectivity index (χ3v) is 4.86. The SMILES string of the molecule is CCCCN(Cc1ccccc1)C(=O)N[C@H]1CC(=O)N(c2cccc(F)c2)C1. The van der Waals surface area contributed by atoms with Crippen molar-refractivity contribution in [2.75, 3.05) is 18.0 Å². The molecular weight excluding hydrogens is 357 g/mol. The molecule has 0 aromatic heterocycles. The van der Waals surface area contributed by atoms with Crippen LogP contribution in [0.15, 0.2) is 54.6 Å². The summed E-state index contributed by atoms with van der Waals surface area (Å²) in [5.41, 5.74) is 1.59. The molecule has 0 spiro atoms. The number of benzene rings is 2. The first-order chi connectivity index (χ1) is 13.6. The van der Waals surface area contributed by atoms with Gasteiger partial charge in [-0.15, -0.1) is 0 Å². The minimum absolute atomic E-state index is 0.112. The lowest BCUT2D eigenvalue weighted by atomic mass is 10.2. The normalized spacial score (nSPS) is 16.3. The van der Waals surface area contributed by atoms with Crippen molar-refractivity contribution in [2.45, 2.75) is 38.8 Å². The monoisotopic (exact) mass is 383 g/mol. The van der Waals surface area contributed by atoms with Gasteiger partial charge in [0, 0.05) is 31.7 Å². The summed E-state index contributed by atoms with van der Waals surface area (Å²) >= 11 is 0. The summed E-state index contributed by atoms with van der Waals surface area (Å²) in [7, 11) is 0. The highest BCUT2D eigenvalue weighted by Gasteiger charge is 2.32. The molecule has 1 heterocycles. The molecule has 3 rings (SSSR count). The third-order valence-electron chi connectivity index (χ3n) is 4.86. The van der Waals surface area contributed by atoms with Gasteiger partial charge in [0.1, 0.15) is 5.82 Å². The Morgan fingerprint density at radius 3 is 2.71 bits per heavy atom. The number of amides is 3. The number of nitrogens with one attached hydrogen (secondary N) is 1. The fourth-order valence-electron chi connectivity index (χ4n) is 3.37. The van der Waals surface area contributed by atoms with E-state index in [9.17, 15) is 14.0 Å². The molecule has 0 bridgehead atoms. The molecule has 6 heteroatoms. The van der Waals surface area contributed by atoms with Crippen LogP contribution in [0.2, 0.25) is 0 Å². The number of hydrogen-bond donors (Lipinski definition) is 1. The first kappa shape index (κ1) is 19.9. The number of anilines is 1. The van der Waals surface area contributed by atoms with E-state index in [-0.39, 0.29) is 30.2 Å². The van der Waals surface area contributed by atoms with E-state index in [0.717, 1.165) is 18.4 Å². The molecule has 0 saturated carbocycles. The quantitative estimate of drug-likeness (QED) is 0.787. The summed E-state index contributed by atoms with van der Waals surface area (Å²) < 4.78 is 13.5. The molecule has 1 aliphatic heterocycles. The van der Waals surface area contributed by atoms with Gasteiger partial charge in [0.2, 0.25) is 5.91 Å². The maximum atomic E-state index is 13.5. The Kier molecular flexibility index (Phi) is 6.63. The van der Waals surface area contributed by atoms with E-state index >= 15 is 0 Å². The zero-order chi connectivity index (χ0) is 19.9. The van der Waals surface area contributed by atoms with E-state index in [1.165, 1.54) is 17.0 Å². The minimum Gasteiger partial charge on any atom is -0.333 e. The van der Waals surface area contributed by atoms with Crippen molar-refractivity contribution >= 4 is 17.6 Å². The second-order valence-corrected chi connectivity index (χ2v) is 7.10. The molecule has 1 aliphatic rings. The predicted octanol–water partition coefficient (Wildman–Crippen LogP) is 3.94. The number of hydrogen-bond acceptors (Lipinski definition) is 2. The molecule has 28 heavy (non-hydrogen) atoms. The Morgan fingerprint density at radius 1 is 1.21 bits per heavy atom. The largest absolute Gasteiger partial charge is 0.333 e. The van der Waals surface area contributed by atoms with Crippen LogP contribution in [-0.4, -0.2) is 36.0 Å². The van der Waals surface area contributed by atoms with Gasteiger partial charge >= 0.3 is 6.03 Å². The van der Waals surface area contributed by atoms with Gasteiger partial charge in [-0.25, -0.2) is 9.18 Å². The summed E-state index contributed by atoms with van der Waals surface area (Å²) in [5, 5.41) is 2.98. The number of carbonyl (C=O) groups is 2. The molecule has 0 aliphatic carbocycles. The molecule has 0 radical (unpaired) electrons. The Morgan fingerprint density at radius 2 is 2.00 bits per heavy atom. The zero-order valence-electron chi connectivity index (χ0n) is 16.1. The first-order valence-electron chi connectivity index (χ1n) is 9.72. The molecule has 1 atom stereocenters. The van der Waals surface area contributed by atoms with Crippen LogP contribution in [0, 0.1) is 5.82 Å². The van der Waals surface area contributed by atoms with Crippen LogP contribution in [0.4, 0.5) is 14.9 Å². The molecule has 148 valence electrons. The number of rotatable bonds is 7. The van der Waals surface area contributed by atoms with Crippen molar-refractivity contribution in [2.24, 2.45) is 0 Å². The Labute approximate surface area is 165 Å². The molecular formula is C22H26FN3O2. The van der Waals surface area contributed by atoms with Crippen molar-refractivity contribution in [3.8, 4) is 0 Å².